The number of para-hydroxylation sites is 2. The van der Waals surface area contributed by atoms with Crippen molar-refractivity contribution >= 4 is 22.3 Å². The molecule has 140 valence electrons. The average Bonchev–Trinajstić information content (AvgIpc) is 3.14. The Balaban J connectivity index is 1.65. The maximum absolute atomic E-state index is 10.6. The number of ether oxygens (including phenoxy) is 1. The molecule has 0 spiro atoms. The molecule has 6 nitrogen and oxygen atoms in total. The summed E-state index contributed by atoms with van der Waals surface area (Å²) in [5, 5.41) is 10.6. The topological polar surface area (TPSA) is 87.4 Å². The second kappa shape index (κ2) is 6.32. The monoisotopic (exact) mass is 364 g/mol. The fourth-order valence-corrected chi connectivity index (χ4v) is 3.33. The number of β-amino-alcohol motifs (C(OH)–C–C–N with tert-alkyl or cyclic N) is 1. The lowest BCUT2D eigenvalue weighted by Gasteiger charge is -2.23. The molecule has 1 unspecified atom stereocenters. The van der Waals surface area contributed by atoms with E-state index in [0.29, 0.717) is 23.8 Å². The Hall–Kier alpha value is -2.99. The molecule has 0 saturated heterocycles. The van der Waals surface area contributed by atoms with Crippen molar-refractivity contribution in [3.8, 4) is 5.75 Å². The second-order valence-corrected chi connectivity index (χ2v) is 7.74. The zero-order chi connectivity index (χ0) is 19.2. The molecule has 3 aromatic rings. The molecule has 1 atom stereocenters. The van der Waals surface area contributed by atoms with Crippen LogP contribution in [0.4, 0.5) is 5.69 Å². The number of fused-ring (bicyclic) bond motifs is 1. The molecule has 4 N–H and O–H groups in total. The van der Waals surface area contributed by atoms with Gasteiger partial charge in [0.15, 0.2) is 0 Å². The Bertz CT molecular complexity index is 966. The smallest absolute Gasteiger partial charge is 0.140 e. The number of aliphatic hydroxyl groups excluding tert-OH is 1. The van der Waals surface area contributed by atoms with E-state index in [1.807, 2.05) is 74.2 Å². The van der Waals surface area contributed by atoms with Crippen molar-refractivity contribution in [2.24, 2.45) is 5.73 Å². The summed E-state index contributed by atoms with van der Waals surface area (Å²) in [5.41, 5.74) is 9.44. The predicted molar refractivity (Wildman–Crippen MR) is 107 cm³/mol. The van der Waals surface area contributed by atoms with Gasteiger partial charge in [-0.15, -0.1) is 0 Å². The highest BCUT2D eigenvalue weighted by Gasteiger charge is 2.32. The summed E-state index contributed by atoms with van der Waals surface area (Å²) in [6.07, 6.45) is -0.712. The lowest BCUT2D eigenvalue weighted by molar-refractivity contribution is 0.131. The molecule has 4 rings (SSSR count). The lowest BCUT2D eigenvalue weighted by Crippen LogP contribution is -2.26. The van der Waals surface area contributed by atoms with Gasteiger partial charge in [0.05, 0.1) is 23.2 Å². The third kappa shape index (κ3) is 3.36. The normalized spacial score (nSPS) is 17.8. The van der Waals surface area contributed by atoms with Crippen LogP contribution < -0.4 is 15.4 Å². The van der Waals surface area contributed by atoms with Gasteiger partial charge < -0.3 is 25.5 Å². The van der Waals surface area contributed by atoms with Crippen LogP contribution in [0.3, 0.4) is 0 Å². The standard InChI is InChI=1S/C21H24N4O2/c1-21(2,3)27-14-10-8-13(9-11-14)25-12-17(26)18(19(25)22)20-23-15-6-4-5-7-16(15)24-20/h4-11,17,26H,12,22H2,1-3H3,(H,23,24). The van der Waals surface area contributed by atoms with Gasteiger partial charge in [0, 0.05) is 5.69 Å². The number of aromatic nitrogens is 2. The van der Waals surface area contributed by atoms with E-state index < -0.39 is 6.10 Å². The Morgan fingerprint density at radius 2 is 1.85 bits per heavy atom. The van der Waals surface area contributed by atoms with Crippen LogP contribution in [-0.2, 0) is 0 Å². The molecule has 0 saturated carbocycles. The van der Waals surface area contributed by atoms with Crippen molar-refractivity contribution in [3.63, 3.8) is 0 Å². The highest BCUT2D eigenvalue weighted by molar-refractivity contribution is 5.83. The molecular weight excluding hydrogens is 340 g/mol. The van der Waals surface area contributed by atoms with Gasteiger partial charge in [0.25, 0.3) is 0 Å². The van der Waals surface area contributed by atoms with E-state index in [1.165, 1.54) is 0 Å². The van der Waals surface area contributed by atoms with Gasteiger partial charge in [-0.1, -0.05) is 12.1 Å². The molecule has 1 aliphatic heterocycles. The molecule has 0 radical (unpaired) electrons. The van der Waals surface area contributed by atoms with E-state index in [1.54, 1.807) is 0 Å². The van der Waals surface area contributed by atoms with Gasteiger partial charge in [0.1, 0.15) is 29.1 Å². The first kappa shape index (κ1) is 17.4. The van der Waals surface area contributed by atoms with Crippen LogP contribution in [0.2, 0.25) is 0 Å². The van der Waals surface area contributed by atoms with Crippen molar-refractivity contribution in [2.45, 2.75) is 32.5 Å². The van der Waals surface area contributed by atoms with Gasteiger partial charge in [-0.25, -0.2) is 4.98 Å². The number of hydrogen-bond donors (Lipinski definition) is 3. The number of benzene rings is 2. The largest absolute Gasteiger partial charge is 0.488 e. The van der Waals surface area contributed by atoms with Gasteiger partial charge in [-0.05, 0) is 57.2 Å². The van der Waals surface area contributed by atoms with Crippen molar-refractivity contribution in [2.75, 3.05) is 11.4 Å². The van der Waals surface area contributed by atoms with Crippen LogP contribution >= 0.6 is 0 Å². The summed E-state index contributed by atoms with van der Waals surface area (Å²) in [4.78, 5) is 9.72. The van der Waals surface area contributed by atoms with Crippen molar-refractivity contribution in [1.29, 1.82) is 0 Å². The first-order valence-electron chi connectivity index (χ1n) is 9.01. The van der Waals surface area contributed by atoms with Gasteiger partial charge in [-0.2, -0.15) is 0 Å². The molecule has 0 bridgehead atoms. The molecule has 27 heavy (non-hydrogen) atoms. The number of anilines is 1. The highest BCUT2D eigenvalue weighted by atomic mass is 16.5. The molecular formula is C21H24N4O2. The molecule has 6 heteroatoms. The Morgan fingerprint density at radius 1 is 1.15 bits per heavy atom. The molecule has 2 aromatic carbocycles. The third-order valence-corrected chi connectivity index (χ3v) is 4.47. The van der Waals surface area contributed by atoms with Crippen LogP contribution in [-0.4, -0.2) is 33.3 Å². The van der Waals surface area contributed by atoms with Crippen LogP contribution in [0.15, 0.2) is 54.4 Å². The van der Waals surface area contributed by atoms with E-state index in [2.05, 4.69) is 9.97 Å². The van der Waals surface area contributed by atoms with Crippen molar-refractivity contribution < 1.29 is 9.84 Å². The molecule has 0 aliphatic carbocycles. The second-order valence-electron chi connectivity index (χ2n) is 7.74. The maximum Gasteiger partial charge on any atom is 0.140 e. The molecule has 2 heterocycles. The van der Waals surface area contributed by atoms with E-state index in [9.17, 15) is 5.11 Å². The summed E-state index contributed by atoms with van der Waals surface area (Å²) < 4.78 is 5.87. The Morgan fingerprint density at radius 3 is 2.52 bits per heavy atom. The van der Waals surface area contributed by atoms with Crippen LogP contribution in [0.25, 0.3) is 16.6 Å². The fraction of sp³-hybridized carbons (Fsp3) is 0.286. The first-order chi connectivity index (χ1) is 12.8. The maximum atomic E-state index is 10.6. The summed E-state index contributed by atoms with van der Waals surface area (Å²) in [6.45, 7) is 6.42. The number of rotatable bonds is 3. The number of nitrogens with two attached hydrogens (primary N) is 1. The van der Waals surface area contributed by atoms with Crippen molar-refractivity contribution in [3.05, 3.63) is 60.2 Å². The van der Waals surface area contributed by atoms with Gasteiger partial charge in [-0.3, -0.25) is 0 Å². The molecule has 1 aromatic heterocycles. The number of H-pyrrole nitrogens is 1. The SMILES string of the molecule is CC(C)(C)Oc1ccc(N2CC(O)C(c3nc4ccccc4[nH]3)=C2N)cc1. The number of aromatic amines is 1. The minimum absolute atomic E-state index is 0.251. The minimum Gasteiger partial charge on any atom is -0.488 e. The molecule has 1 aliphatic rings. The van der Waals surface area contributed by atoms with Crippen LogP contribution in [0.1, 0.15) is 26.6 Å². The summed E-state index contributed by atoms with van der Waals surface area (Å²) in [7, 11) is 0. The van der Waals surface area contributed by atoms with Crippen molar-refractivity contribution in [1.82, 2.24) is 9.97 Å². The van der Waals surface area contributed by atoms with E-state index in [-0.39, 0.29) is 5.60 Å². The molecule has 0 fully saturated rings. The number of nitrogens with zero attached hydrogens (tertiary/aromatic N) is 2. The van der Waals surface area contributed by atoms with Gasteiger partial charge >= 0.3 is 0 Å². The summed E-state index contributed by atoms with van der Waals surface area (Å²) in [5.74, 6) is 1.91. The van der Waals surface area contributed by atoms with E-state index >= 15 is 0 Å². The zero-order valence-corrected chi connectivity index (χ0v) is 15.7. The Kier molecular flexibility index (Phi) is 4.08. The quantitative estimate of drug-likeness (QED) is 0.664. The summed E-state index contributed by atoms with van der Waals surface area (Å²) >= 11 is 0. The average molecular weight is 364 g/mol. The number of hydrogen-bond acceptors (Lipinski definition) is 5. The number of imidazole rings is 1. The zero-order valence-electron chi connectivity index (χ0n) is 15.7. The fourth-order valence-electron chi connectivity index (χ4n) is 3.33. The minimum atomic E-state index is -0.712. The summed E-state index contributed by atoms with van der Waals surface area (Å²) in [6, 6.07) is 15.5. The predicted octanol–water partition coefficient (Wildman–Crippen LogP) is 3.25. The third-order valence-electron chi connectivity index (χ3n) is 4.47. The van der Waals surface area contributed by atoms with E-state index in [0.717, 1.165) is 22.5 Å². The van der Waals surface area contributed by atoms with Crippen LogP contribution in [0, 0.1) is 0 Å². The van der Waals surface area contributed by atoms with Gasteiger partial charge in [0.2, 0.25) is 0 Å². The lowest BCUT2D eigenvalue weighted by atomic mass is 10.2. The molecule has 0 amide bonds. The number of nitrogens with one attached hydrogen (secondary N) is 1. The van der Waals surface area contributed by atoms with E-state index in [4.69, 9.17) is 10.5 Å². The Labute approximate surface area is 158 Å². The first-order valence-corrected chi connectivity index (χ1v) is 9.01. The highest BCUT2D eigenvalue weighted by Crippen LogP contribution is 2.33. The number of aliphatic hydroxyl groups is 1. The van der Waals surface area contributed by atoms with Crippen LogP contribution in [0.5, 0.6) is 5.75 Å².